The molecule has 0 bridgehead atoms. The molecule has 1 aliphatic rings. The van der Waals surface area contributed by atoms with Crippen molar-refractivity contribution in [1.82, 2.24) is 0 Å². The molecule has 0 spiro atoms. The smallest absolute Gasteiger partial charge is 0.224 e. The van der Waals surface area contributed by atoms with E-state index in [4.69, 9.17) is 0 Å². The molecule has 1 atom stereocenters. The van der Waals surface area contributed by atoms with E-state index in [1.54, 1.807) is 0 Å². The molecule has 1 fully saturated rings. The second-order valence-corrected chi connectivity index (χ2v) is 5.95. The van der Waals surface area contributed by atoms with E-state index in [-0.39, 0.29) is 5.91 Å². The lowest BCUT2D eigenvalue weighted by Gasteiger charge is -2.23. The van der Waals surface area contributed by atoms with E-state index in [2.05, 4.69) is 37.5 Å². The number of nitrogens with one attached hydrogen (secondary N) is 2. The molecule has 19 heavy (non-hydrogen) atoms. The fourth-order valence-corrected chi connectivity index (χ4v) is 2.14. The molecule has 3 heteroatoms. The van der Waals surface area contributed by atoms with Crippen LogP contribution in [0.25, 0.3) is 0 Å². The Balaban J connectivity index is 2.10. The molecule has 1 unspecified atom stereocenters. The van der Waals surface area contributed by atoms with Gasteiger partial charge in [-0.05, 0) is 49.8 Å². The lowest BCUT2D eigenvalue weighted by molar-refractivity contribution is -0.115. The molecule has 0 aromatic heterocycles. The predicted octanol–water partition coefficient (Wildman–Crippen LogP) is 3.94. The molecule has 3 nitrogen and oxygen atoms in total. The van der Waals surface area contributed by atoms with E-state index < -0.39 is 0 Å². The Labute approximate surface area is 115 Å². The first-order valence-electron chi connectivity index (χ1n) is 7.11. The lowest BCUT2D eigenvalue weighted by Crippen LogP contribution is -2.25. The Kier molecular flexibility index (Phi) is 3.83. The van der Waals surface area contributed by atoms with E-state index in [0.717, 1.165) is 11.4 Å². The zero-order chi connectivity index (χ0) is 14.0. The van der Waals surface area contributed by atoms with E-state index in [0.29, 0.717) is 17.9 Å². The van der Waals surface area contributed by atoms with Gasteiger partial charge in [-0.25, -0.2) is 0 Å². The molecule has 1 amide bonds. The fraction of sp³-hybridized carbons (Fsp3) is 0.562. The number of aryl methyl sites for hydroxylation is 1. The van der Waals surface area contributed by atoms with Gasteiger partial charge in [-0.1, -0.05) is 19.9 Å². The van der Waals surface area contributed by atoms with Crippen LogP contribution in [0.5, 0.6) is 0 Å². The van der Waals surface area contributed by atoms with Gasteiger partial charge >= 0.3 is 0 Å². The van der Waals surface area contributed by atoms with Crippen molar-refractivity contribution in [3.05, 3.63) is 23.8 Å². The molecule has 0 heterocycles. The van der Waals surface area contributed by atoms with Gasteiger partial charge in [-0.2, -0.15) is 0 Å². The third-order valence-corrected chi connectivity index (χ3v) is 4.30. The number of carbonyl (C=O) groups excluding carboxylic acids is 1. The first kappa shape index (κ1) is 13.9. The molecule has 2 N–H and O–H groups in total. The standard InChI is InChI=1S/C16H24N2O/c1-5-15(19)18-13-7-6-11(2)14(10-13)17-12(3)16(4)8-9-16/h6-7,10,12,17H,5,8-9H2,1-4H3,(H,18,19). The van der Waals surface area contributed by atoms with Gasteiger partial charge in [-0.3, -0.25) is 4.79 Å². The molecule has 0 saturated heterocycles. The zero-order valence-corrected chi connectivity index (χ0v) is 12.3. The number of hydrogen-bond acceptors (Lipinski definition) is 2. The van der Waals surface area contributed by atoms with Crippen molar-refractivity contribution in [1.29, 1.82) is 0 Å². The van der Waals surface area contributed by atoms with Crippen LogP contribution < -0.4 is 10.6 Å². The second kappa shape index (κ2) is 5.24. The maximum Gasteiger partial charge on any atom is 0.224 e. The molecule has 0 aliphatic heterocycles. The third-order valence-electron chi connectivity index (χ3n) is 4.30. The van der Waals surface area contributed by atoms with Gasteiger partial charge in [0.15, 0.2) is 0 Å². The van der Waals surface area contributed by atoms with Crippen molar-refractivity contribution in [3.63, 3.8) is 0 Å². The fourth-order valence-electron chi connectivity index (χ4n) is 2.14. The summed E-state index contributed by atoms with van der Waals surface area (Å²) in [4.78, 5) is 11.4. The number of rotatable bonds is 5. The van der Waals surface area contributed by atoms with Crippen LogP contribution in [0, 0.1) is 12.3 Å². The highest BCUT2D eigenvalue weighted by Crippen LogP contribution is 2.49. The summed E-state index contributed by atoms with van der Waals surface area (Å²) in [5.41, 5.74) is 3.64. The van der Waals surface area contributed by atoms with Crippen LogP contribution >= 0.6 is 0 Å². The minimum atomic E-state index is 0.0528. The first-order chi connectivity index (χ1) is 8.94. The number of anilines is 2. The molecular weight excluding hydrogens is 236 g/mol. The average Bonchev–Trinajstić information content (AvgIpc) is 3.12. The van der Waals surface area contributed by atoms with Gasteiger partial charge in [0.25, 0.3) is 0 Å². The summed E-state index contributed by atoms with van der Waals surface area (Å²) in [6.45, 7) is 8.51. The largest absolute Gasteiger partial charge is 0.382 e. The van der Waals surface area contributed by atoms with Crippen molar-refractivity contribution in [2.24, 2.45) is 5.41 Å². The summed E-state index contributed by atoms with van der Waals surface area (Å²) in [7, 11) is 0. The Bertz CT molecular complexity index is 478. The minimum Gasteiger partial charge on any atom is -0.382 e. The molecule has 1 aromatic rings. The monoisotopic (exact) mass is 260 g/mol. The predicted molar refractivity (Wildman–Crippen MR) is 80.5 cm³/mol. The van der Waals surface area contributed by atoms with Crippen molar-refractivity contribution in [2.45, 2.75) is 53.0 Å². The highest BCUT2D eigenvalue weighted by molar-refractivity contribution is 5.91. The van der Waals surface area contributed by atoms with Crippen LogP contribution in [0.3, 0.4) is 0 Å². The van der Waals surface area contributed by atoms with Crippen molar-refractivity contribution >= 4 is 17.3 Å². The number of benzene rings is 1. The van der Waals surface area contributed by atoms with Crippen LogP contribution in [0.1, 0.15) is 45.6 Å². The number of amides is 1. The normalized spacial score (nSPS) is 17.7. The summed E-state index contributed by atoms with van der Waals surface area (Å²) in [5, 5.41) is 6.50. The van der Waals surface area contributed by atoms with Gasteiger partial charge in [0.1, 0.15) is 0 Å². The molecule has 1 aromatic carbocycles. The Hall–Kier alpha value is -1.51. The van der Waals surface area contributed by atoms with Gasteiger partial charge in [-0.15, -0.1) is 0 Å². The SMILES string of the molecule is CCC(=O)Nc1ccc(C)c(NC(C)C2(C)CC2)c1. The number of carbonyl (C=O) groups is 1. The van der Waals surface area contributed by atoms with Crippen LogP contribution in [-0.4, -0.2) is 11.9 Å². The van der Waals surface area contributed by atoms with Crippen molar-refractivity contribution < 1.29 is 4.79 Å². The topological polar surface area (TPSA) is 41.1 Å². The minimum absolute atomic E-state index is 0.0528. The summed E-state index contributed by atoms with van der Waals surface area (Å²) >= 11 is 0. The maximum atomic E-state index is 11.4. The highest BCUT2D eigenvalue weighted by Gasteiger charge is 2.42. The molecule has 1 aliphatic carbocycles. The van der Waals surface area contributed by atoms with E-state index in [1.807, 2.05) is 19.1 Å². The molecule has 0 radical (unpaired) electrons. The second-order valence-electron chi connectivity index (χ2n) is 5.95. The third kappa shape index (κ3) is 3.28. The Morgan fingerprint density at radius 2 is 2.11 bits per heavy atom. The van der Waals surface area contributed by atoms with Gasteiger partial charge in [0.05, 0.1) is 0 Å². The summed E-state index contributed by atoms with van der Waals surface area (Å²) < 4.78 is 0. The maximum absolute atomic E-state index is 11.4. The summed E-state index contributed by atoms with van der Waals surface area (Å²) in [6, 6.07) is 6.50. The summed E-state index contributed by atoms with van der Waals surface area (Å²) in [5.74, 6) is 0.0528. The summed E-state index contributed by atoms with van der Waals surface area (Å²) in [6.07, 6.45) is 3.10. The van der Waals surface area contributed by atoms with Crippen LogP contribution in [0.15, 0.2) is 18.2 Å². The quantitative estimate of drug-likeness (QED) is 0.841. The van der Waals surface area contributed by atoms with Crippen molar-refractivity contribution in [2.75, 3.05) is 10.6 Å². The molecular formula is C16H24N2O. The van der Waals surface area contributed by atoms with Gasteiger partial charge in [0, 0.05) is 23.8 Å². The average molecular weight is 260 g/mol. The van der Waals surface area contributed by atoms with E-state index >= 15 is 0 Å². The van der Waals surface area contributed by atoms with Gasteiger partial charge < -0.3 is 10.6 Å². The van der Waals surface area contributed by atoms with Crippen LogP contribution in [-0.2, 0) is 4.79 Å². The van der Waals surface area contributed by atoms with E-state index in [9.17, 15) is 4.79 Å². The van der Waals surface area contributed by atoms with Crippen molar-refractivity contribution in [3.8, 4) is 0 Å². The Morgan fingerprint density at radius 1 is 1.42 bits per heavy atom. The first-order valence-corrected chi connectivity index (χ1v) is 7.11. The van der Waals surface area contributed by atoms with E-state index in [1.165, 1.54) is 18.4 Å². The van der Waals surface area contributed by atoms with Crippen LogP contribution in [0.4, 0.5) is 11.4 Å². The van der Waals surface area contributed by atoms with Crippen LogP contribution in [0.2, 0.25) is 0 Å². The molecule has 1 saturated carbocycles. The molecule has 104 valence electrons. The molecule has 2 rings (SSSR count). The number of hydrogen-bond donors (Lipinski definition) is 2. The van der Waals surface area contributed by atoms with Gasteiger partial charge in [0.2, 0.25) is 5.91 Å². The lowest BCUT2D eigenvalue weighted by atomic mass is 10.00. The Morgan fingerprint density at radius 3 is 2.68 bits per heavy atom. The zero-order valence-electron chi connectivity index (χ0n) is 12.3. The highest BCUT2D eigenvalue weighted by atomic mass is 16.1.